The molecule has 2 aliphatic heterocycles. The molecule has 0 saturated carbocycles. The van der Waals surface area contributed by atoms with E-state index in [9.17, 15) is 14.0 Å². The molecule has 1 aromatic heterocycles. The maximum atomic E-state index is 13.3. The van der Waals surface area contributed by atoms with Crippen LogP contribution in [0.2, 0.25) is 0 Å². The molecule has 1 aromatic carbocycles. The summed E-state index contributed by atoms with van der Waals surface area (Å²) in [5.41, 5.74) is 3.34. The number of nitrogens with one attached hydrogen (secondary N) is 1. The normalized spacial score (nSPS) is 19.4. The Bertz CT molecular complexity index is 832. The summed E-state index contributed by atoms with van der Waals surface area (Å²) in [6.07, 6.45) is 1.88. The molecule has 0 fully saturated rings. The Kier molecular flexibility index (Phi) is 3.37. The van der Waals surface area contributed by atoms with Crippen molar-refractivity contribution in [2.75, 3.05) is 18.0 Å². The van der Waals surface area contributed by atoms with Gasteiger partial charge in [-0.15, -0.1) is 0 Å². The molecule has 2 aliphatic rings. The lowest BCUT2D eigenvalue weighted by Crippen LogP contribution is -2.44. The van der Waals surface area contributed by atoms with Gasteiger partial charge in [-0.05, 0) is 23.8 Å². The van der Waals surface area contributed by atoms with Gasteiger partial charge in [-0.2, -0.15) is 5.10 Å². The lowest BCUT2D eigenvalue weighted by Gasteiger charge is -2.32. The summed E-state index contributed by atoms with van der Waals surface area (Å²) in [6.45, 7) is 3.10. The fourth-order valence-electron chi connectivity index (χ4n) is 3.52. The topological polar surface area (TPSA) is 69.3 Å². The summed E-state index contributed by atoms with van der Waals surface area (Å²) in [7, 11) is 0. The number of aromatic nitrogens is 2. The van der Waals surface area contributed by atoms with Crippen LogP contribution in [-0.2, 0) is 22.6 Å². The zero-order valence-electron chi connectivity index (χ0n) is 13.3. The van der Waals surface area contributed by atoms with Gasteiger partial charge in [0.15, 0.2) is 0 Å². The van der Waals surface area contributed by atoms with Gasteiger partial charge in [0.2, 0.25) is 11.8 Å². The second kappa shape index (κ2) is 5.43. The first-order valence-electron chi connectivity index (χ1n) is 7.91. The van der Waals surface area contributed by atoms with Crippen molar-refractivity contribution in [3.8, 4) is 0 Å². The highest BCUT2D eigenvalue weighted by molar-refractivity contribution is 6.05. The molecule has 0 saturated heterocycles. The van der Waals surface area contributed by atoms with Crippen LogP contribution in [0.3, 0.4) is 0 Å². The molecule has 4 rings (SSSR count). The van der Waals surface area contributed by atoms with Gasteiger partial charge in [0, 0.05) is 36.0 Å². The minimum atomic E-state index is -0.368. The quantitative estimate of drug-likeness (QED) is 0.910. The molecule has 1 N–H and O–H groups in total. The molecule has 1 unspecified atom stereocenters. The first-order valence-corrected chi connectivity index (χ1v) is 7.91. The Morgan fingerprint density at radius 2 is 2.25 bits per heavy atom. The molecule has 2 aromatic rings. The van der Waals surface area contributed by atoms with Crippen LogP contribution < -0.4 is 4.90 Å². The molecule has 0 radical (unpaired) electrons. The predicted octanol–water partition coefficient (Wildman–Crippen LogP) is 1.58. The largest absolute Gasteiger partial charge is 0.336 e. The van der Waals surface area contributed by atoms with Crippen molar-refractivity contribution in [2.45, 2.75) is 25.8 Å². The third-order valence-corrected chi connectivity index (χ3v) is 4.72. The van der Waals surface area contributed by atoms with E-state index >= 15 is 0 Å². The number of carbonyl (C=O) groups is 2. The standard InChI is InChI=1S/C17H17FN4O2/c1-10-7-21(8-12-6-19-20-17(10)12)16(24)9-22-14-3-2-13(18)4-11(14)5-15(22)23/h2-4,6,10H,5,7-9H2,1H3,(H,19,20). The van der Waals surface area contributed by atoms with Crippen molar-refractivity contribution >= 4 is 17.5 Å². The van der Waals surface area contributed by atoms with Crippen LogP contribution in [0.1, 0.15) is 29.7 Å². The van der Waals surface area contributed by atoms with Crippen LogP contribution in [0.25, 0.3) is 0 Å². The van der Waals surface area contributed by atoms with E-state index in [1.807, 2.05) is 6.92 Å². The highest BCUT2D eigenvalue weighted by atomic mass is 19.1. The van der Waals surface area contributed by atoms with Gasteiger partial charge in [0.1, 0.15) is 12.4 Å². The molecule has 0 spiro atoms. The second-order valence-electron chi connectivity index (χ2n) is 6.41. The van der Waals surface area contributed by atoms with E-state index in [-0.39, 0.29) is 36.5 Å². The lowest BCUT2D eigenvalue weighted by atomic mass is 9.98. The van der Waals surface area contributed by atoms with E-state index in [1.165, 1.54) is 17.0 Å². The van der Waals surface area contributed by atoms with Gasteiger partial charge < -0.3 is 9.80 Å². The molecule has 1 atom stereocenters. The number of amides is 2. The van der Waals surface area contributed by atoms with Crippen LogP contribution in [-0.4, -0.2) is 40.0 Å². The van der Waals surface area contributed by atoms with Crippen LogP contribution in [0, 0.1) is 5.82 Å². The Hall–Kier alpha value is -2.70. The Morgan fingerprint density at radius 3 is 3.08 bits per heavy atom. The molecule has 2 amide bonds. The fourth-order valence-corrected chi connectivity index (χ4v) is 3.52. The van der Waals surface area contributed by atoms with E-state index in [2.05, 4.69) is 10.2 Å². The van der Waals surface area contributed by atoms with Crippen molar-refractivity contribution in [2.24, 2.45) is 0 Å². The molecule has 124 valence electrons. The molecular formula is C17H17FN4O2. The SMILES string of the molecule is CC1CN(C(=O)CN2C(=O)Cc3cc(F)ccc32)Cc2cn[nH]c21. The third kappa shape index (κ3) is 2.36. The van der Waals surface area contributed by atoms with Gasteiger partial charge in [-0.3, -0.25) is 14.7 Å². The highest BCUT2D eigenvalue weighted by Crippen LogP contribution is 2.30. The number of nitrogens with zero attached hydrogens (tertiary/aromatic N) is 3. The monoisotopic (exact) mass is 328 g/mol. The van der Waals surface area contributed by atoms with E-state index in [0.29, 0.717) is 24.3 Å². The summed E-state index contributed by atoms with van der Waals surface area (Å²) < 4.78 is 13.3. The second-order valence-corrected chi connectivity index (χ2v) is 6.41. The zero-order valence-corrected chi connectivity index (χ0v) is 13.3. The average Bonchev–Trinajstić information content (AvgIpc) is 3.12. The van der Waals surface area contributed by atoms with Crippen LogP contribution >= 0.6 is 0 Å². The van der Waals surface area contributed by atoms with Crippen molar-refractivity contribution in [1.29, 1.82) is 0 Å². The van der Waals surface area contributed by atoms with E-state index in [1.54, 1.807) is 17.2 Å². The predicted molar refractivity (Wildman–Crippen MR) is 84.9 cm³/mol. The summed E-state index contributed by atoms with van der Waals surface area (Å²) in [6, 6.07) is 4.24. The van der Waals surface area contributed by atoms with Crippen molar-refractivity contribution in [1.82, 2.24) is 15.1 Å². The number of anilines is 1. The molecule has 24 heavy (non-hydrogen) atoms. The fraction of sp³-hybridized carbons (Fsp3) is 0.353. The number of halogens is 1. The summed E-state index contributed by atoms with van der Waals surface area (Å²) in [5.74, 6) is -0.472. The Labute approximate surface area is 138 Å². The number of benzene rings is 1. The first kappa shape index (κ1) is 14.9. The number of aromatic amines is 1. The molecular weight excluding hydrogens is 311 g/mol. The van der Waals surface area contributed by atoms with Gasteiger partial charge >= 0.3 is 0 Å². The summed E-state index contributed by atoms with van der Waals surface area (Å²) in [5, 5.41) is 7.02. The van der Waals surface area contributed by atoms with Gasteiger partial charge in [0.25, 0.3) is 0 Å². The van der Waals surface area contributed by atoms with Crippen molar-refractivity contribution < 1.29 is 14.0 Å². The third-order valence-electron chi connectivity index (χ3n) is 4.72. The minimum Gasteiger partial charge on any atom is -0.336 e. The molecule has 0 aliphatic carbocycles. The average molecular weight is 328 g/mol. The van der Waals surface area contributed by atoms with Crippen LogP contribution in [0.5, 0.6) is 0 Å². The van der Waals surface area contributed by atoms with Gasteiger partial charge in [-0.25, -0.2) is 4.39 Å². The molecule has 7 heteroatoms. The number of hydrogen-bond donors (Lipinski definition) is 1. The van der Waals surface area contributed by atoms with Gasteiger partial charge in [0.05, 0.1) is 12.6 Å². The summed E-state index contributed by atoms with van der Waals surface area (Å²) >= 11 is 0. The number of H-pyrrole nitrogens is 1. The maximum absolute atomic E-state index is 13.3. The smallest absolute Gasteiger partial charge is 0.242 e. The molecule has 0 bridgehead atoms. The zero-order chi connectivity index (χ0) is 16.8. The van der Waals surface area contributed by atoms with Crippen LogP contribution in [0.15, 0.2) is 24.4 Å². The van der Waals surface area contributed by atoms with Crippen molar-refractivity contribution in [3.05, 3.63) is 47.0 Å². The lowest BCUT2D eigenvalue weighted by molar-refractivity contribution is -0.132. The van der Waals surface area contributed by atoms with Gasteiger partial charge in [-0.1, -0.05) is 6.92 Å². The van der Waals surface area contributed by atoms with E-state index in [4.69, 9.17) is 0 Å². The number of carbonyl (C=O) groups excluding carboxylic acids is 2. The maximum Gasteiger partial charge on any atom is 0.242 e. The minimum absolute atomic E-state index is 0.0165. The number of fused-ring (bicyclic) bond motifs is 2. The first-order chi connectivity index (χ1) is 11.5. The Balaban J connectivity index is 1.52. The van der Waals surface area contributed by atoms with Crippen molar-refractivity contribution in [3.63, 3.8) is 0 Å². The Morgan fingerprint density at radius 1 is 1.42 bits per heavy atom. The summed E-state index contributed by atoms with van der Waals surface area (Å²) in [4.78, 5) is 28.1. The highest BCUT2D eigenvalue weighted by Gasteiger charge is 2.32. The van der Waals surface area contributed by atoms with E-state index < -0.39 is 0 Å². The number of hydrogen-bond acceptors (Lipinski definition) is 3. The molecule has 3 heterocycles. The molecule has 6 nitrogen and oxygen atoms in total. The van der Waals surface area contributed by atoms with E-state index in [0.717, 1.165) is 11.3 Å². The number of rotatable bonds is 2. The van der Waals surface area contributed by atoms with Crippen LogP contribution in [0.4, 0.5) is 10.1 Å².